The van der Waals surface area contributed by atoms with Crippen LogP contribution < -0.4 is 5.32 Å². The molecule has 0 bridgehead atoms. The lowest BCUT2D eigenvalue weighted by Crippen LogP contribution is -2.42. The Labute approximate surface area is 175 Å². The number of amides is 1. The minimum Gasteiger partial charge on any atom is -0.309 e. The average Bonchev–Trinajstić information content (AvgIpc) is 2.72. The van der Waals surface area contributed by atoms with Crippen LogP contribution in [-0.4, -0.2) is 30.0 Å². The van der Waals surface area contributed by atoms with E-state index in [1.807, 2.05) is 24.3 Å². The van der Waals surface area contributed by atoms with E-state index < -0.39 is 11.7 Å². The van der Waals surface area contributed by atoms with Crippen molar-refractivity contribution in [3.8, 4) is 11.1 Å². The molecule has 0 fully saturated rings. The summed E-state index contributed by atoms with van der Waals surface area (Å²) >= 11 is 6.16. The molecule has 2 rings (SSSR count). The van der Waals surface area contributed by atoms with E-state index in [0.717, 1.165) is 42.5 Å². The van der Waals surface area contributed by atoms with Gasteiger partial charge in [0.05, 0.1) is 11.6 Å². The maximum absolute atomic E-state index is 12.7. The SMILES string of the molecule is CCCC[C@H](NC)C(=O)N(Cl)CCc1ccc(-c2ccc(C(F)(F)F)cc2)cc1. The van der Waals surface area contributed by atoms with Gasteiger partial charge in [0.1, 0.15) is 0 Å². The number of unbranched alkanes of at least 4 members (excludes halogenated alkanes) is 1. The molecule has 0 aliphatic carbocycles. The molecule has 0 saturated carbocycles. The molecule has 0 aliphatic heterocycles. The molecule has 2 aromatic rings. The lowest BCUT2D eigenvalue weighted by molar-refractivity contribution is -0.137. The van der Waals surface area contributed by atoms with Gasteiger partial charge in [0.15, 0.2) is 0 Å². The van der Waals surface area contributed by atoms with E-state index in [4.69, 9.17) is 11.8 Å². The summed E-state index contributed by atoms with van der Waals surface area (Å²) in [6, 6.07) is 12.3. The molecule has 29 heavy (non-hydrogen) atoms. The highest BCUT2D eigenvalue weighted by Gasteiger charge is 2.30. The third kappa shape index (κ3) is 6.75. The predicted octanol–water partition coefficient (Wildman–Crippen LogP) is 5.68. The molecule has 1 amide bonds. The normalized spacial score (nSPS) is 12.6. The standard InChI is InChI=1S/C22H26ClF3N2O/c1-3-4-5-20(27-2)21(29)28(23)15-14-16-6-8-17(9-7-16)18-10-12-19(13-11-18)22(24,25)26/h6-13,20,27H,3-5,14-15H2,1-2H3/t20-/m0/s1. The molecule has 0 aromatic heterocycles. The van der Waals surface area contributed by atoms with Crippen molar-refractivity contribution < 1.29 is 18.0 Å². The van der Waals surface area contributed by atoms with Crippen LogP contribution >= 0.6 is 11.8 Å². The van der Waals surface area contributed by atoms with Gasteiger partial charge in [-0.25, -0.2) is 0 Å². The number of hydrogen-bond donors (Lipinski definition) is 1. The van der Waals surface area contributed by atoms with Crippen molar-refractivity contribution in [2.75, 3.05) is 13.6 Å². The van der Waals surface area contributed by atoms with Crippen LogP contribution in [0.2, 0.25) is 0 Å². The second kappa shape index (κ2) is 10.6. The zero-order chi connectivity index (χ0) is 21.4. The molecule has 1 atom stereocenters. The van der Waals surface area contributed by atoms with E-state index in [1.54, 1.807) is 7.05 Å². The highest BCUT2D eigenvalue weighted by molar-refractivity contribution is 6.21. The highest BCUT2D eigenvalue weighted by atomic mass is 35.5. The number of carbonyl (C=O) groups excluding carboxylic acids is 1. The summed E-state index contributed by atoms with van der Waals surface area (Å²) in [7, 11) is 1.75. The van der Waals surface area contributed by atoms with Crippen LogP contribution in [0.15, 0.2) is 48.5 Å². The third-order valence-electron chi connectivity index (χ3n) is 4.83. The van der Waals surface area contributed by atoms with E-state index >= 15 is 0 Å². The minimum atomic E-state index is -4.34. The maximum atomic E-state index is 12.7. The molecular weight excluding hydrogens is 401 g/mol. The van der Waals surface area contributed by atoms with Crippen molar-refractivity contribution in [1.29, 1.82) is 0 Å². The number of nitrogens with zero attached hydrogens (tertiary/aromatic N) is 1. The summed E-state index contributed by atoms with van der Waals surface area (Å²) in [5.41, 5.74) is 1.87. The van der Waals surface area contributed by atoms with Gasteiger partial charge in [-0.05, 0) is 48.7 Å². The van der Waals surface area contributed by atoms with E-state index in [0.29, 0.717) is 18.5 Å². The summed E-state index contributed by atoms with van der Waals surface area (Å²) in [4.78, 5) is 12.4. The third-order valence-corrected chi connectivity index (χ3v) is 5.16. The van der Waals surface area contributed by atoms with Crippen LogP contribution in [0.5, 0.6) is 0 Å². The smallest absolute Gasteiger partial charge is 0.309 e. The number of carbonyl (C=O) groups is 1. The predicted molar refractivity (Wildman–Crippen MR) is 111 cm³/mol. The summed E-state index contributed by atoms with van der Waals surface area (Å²) in [5.74, 6) is -0.135. The highest BCUT2D eigenvalue weighted by Crippen LogP contribution is 2.31. The van der Waals surface area contributed by atoms with Crippen LogP contribution in [0.4, 0.5) is 13.2 Å². The van der Waals surface area contributed by atoms with Crippen LogP contribution in [0.3, 0.4) is 0 Å². The summed E-state index contributed by atoms with van der Waals surface area (Å²) in [5, 5.41) is 3.01. The van der Waals surface area contributed by atoms with Gasteiger partial charge in [-0.1, -0.05) is 56.2 Å². The van der Waals surface area contributed by atoms with Gasteiger partial charge >= 0.3 is 6.18 Å². The Morgan fingerprint density at radius 1 is 1.07 bits per heavy atom. The molecule has 1 N–H and O–H groups in total. The molecule has 158 valence electrons. The number of likely N-dealkylation sites (N-methyl/N-ethyl adjacent to an activating group) is 1. The number of rotatable bonds is 9. The van der Waals surface area contributed by atoms with Gasteiger partial charge in [0.2, 0.25) is 0 Å². The Morgan fingerprint density at radius 3 is 2.10 bits per heavy atom. The minimum absolute atomic E-state index is 0.135. The Morgan fingerprint density at radius 2 is 1.62 bits per heavy atom. The van der Waals surface area contributed by atoms with Crippen molar-refractivity contribution in [2.24, 2.45) is 0 Å². The first-order valence-corrected chi connectivity index (χ1v) is 10.0. The molecule has 0 aliphatic rings. The summed E-state index contributed by atoms with van der Waals surface area (Å²) in [6.07, 6.45) is -1.04. The Bertz CT molecular complexity index is 776. The zero-order valence-corrected chi connectivity index (χ0v) is 17.4. The van der Waals surface area contributed by atoms with Gasteiger partial charge in [0.25, 0.3) is 5.91 Å². The van der Waals surface area contributed by atoms with Gasteiger partial charge in [-0.2, -0.15) is 13.2 Å². The summed E-state index contributed by atoms with van der Waals surface area (Å²) < 4.78 is 39.2. The number of hydrogen-bond acceptors (Lipinski definition) is 2. The molecule has 7 heteroatoms. The lowest BCUT2D eigenvalue weighted by Gasteiger charge is -2.21. The van der Waals surface area contributed by atoms with Crippen LogP contribution in [-0.2, 0) is 17.4 Å². The molecular formula is C22H26ClF3N2O. The first-order valence-electron chi connectivity index (χ1n) is 9.67. The van der Waals surface area contributed by atoms with Crippen LogP contribution in [0.25, 0.3) is 11.1 Å². The van der Waals surface area contributed by atoms with Crippen LogP contribution in [0.1, 0.15) is 37.3 Å². The van der Waals surface area contributed by atoms with Crippen molar-refractivity contribution in [3.05, 3.63) is 59.7 Å². The quantitative estimate of drug-likeness (QED) is 0.523. The number of nitrogens with one attached hydrogen (secondary N) is 1. The average molecular weight is 427 g/mol. The van der Waals surface area contributed by atoms with E-state index in [-0.39, 0.29) is 11.9 Å². The number of alkyl halides is 3. The van der Waals surface area contributed by atoms with E-state index in [9.17, 15) is 18.0 Å². The van der Waals surface area contributed by atoms with Crippen LogP contribution in [0, 0.1) is 0 Å². The molecule has 0 heterocycles. The fourth-order valence-corrected chi connectivity index (χ4v) is 3.22. The number of halogens is 4. The molecule has 2 aromatic carbocycles. The molecule has 0 unspecified atom stereocenters. The fraction of sp³-hybridized carbons (Fsp3) is 0.409. The van der Waals surface area contributed by atoms with Gasteiger partial charge in [-0.15, -0.1) is 0 Å². The van der Waals surface area contributed by atoms with E-state index in [1.165, 1.54) is 16.6 Å². The topological polar surface area (TPSA) is 32.3 Å². The van der Waals surface area contributed by atoms with Crippen molar-refractivity contribution in [2.45, 2.75) is 44.8 Å². The van der Waals surface area contributed by atoms with Gasteiger partial charge in [0, 0.05) is 18.3 Å². The first-order chi connectivity index (χ1) is 13.8. The number of benzene rings is 2. The zero-order valence-electron chi connectivity index (χ0n) is 16.6. The lowest BCUT2D eigenvalue weighted by atomic mass is 10.0. The molecule has 0 saturated heterocycles. The largest absolute Gasteiger partial charge is 0.416 e. The van der Waals surface area contributed by atoms with Gasteiger partial charge < -0.3 is 5.32 Å². The fourth-order valence-electron chi connectivity index (χ4n) is 3.02. The monoisotopic (exact) mass is 426 g/mol. The van der Waals surface area contributed by atoms with E-state index in [2.05, 4.69) is 12.2 Å². The summed E-state index contributed by atoms with van der Waals surface area (Å²) in [6.45, 7) is 2.45. The van der Waals surface area contributed by atoms with Crippen molar-refractivity contribution in [3.63, 3.8) is 0 Å². The molecule has 0 radical (unpaired) electrons. The molecule has 3 nitrogen and oxygen atoms in total. The Kier molecular flexibility index (Phi) is 8.53. The van der Waals surface area contributed by atoms with Crippen molar-refractivity contribution >= 4 is 17.7 Å². The second-order valence-electron chi connectivity index (χ2n) is 6.93. The van der Waals surface area contributed by atoms with Crippen molar-refractivity contribution in [1.82, 2.24) is 9.74 Å². The molecule has 0 spiro atoms. The second-order valence-corrected chi connectivity index (χ2v) is 7.34. The first kappa shape index (κ1) is 23.2. The maximum Gasteiger partial charge on any atom is 0.416 e. The van der Waals surface area contributed by atoms with Gasteiger partial charge in [-0.3, -0.25) is 9.21 Å². The Hall–Kier alpha value is -2.05. The Balaban J connectivity index is 1.94.